The van der Waals surface area contributed by atoms with E-state index in [0.29, 0.717) is 18.2 Å². The van der Waals surface area contributed by atoms with Crippen LogP contribution in [0, 0.1) is 0 Å². The molecular formula is C21H25N5O. The van der Waals surface area contributed by atoms with E-state index in [2.05, 4.69) is 41.2 Å². The van der Waals surface area contributed by atoms with Crippen LogP contribution in [0.2, 0.25) is 0 Å². The van der Waals surface area contributed by atoms with Gasteiger partial charge < -0.3 is 9.80 Å². The Morgan fingerprint density at radius 1 is 1.15 bits per heavy atom. The Bertz CT molecular complexity index is 926. The molecule has 140 valence electrons. The molecule has 6 nitrogen and oxygen atoms in total. The van der Waals surface area contributed by atoms with Crippen LogP contribution in [-0.4, -0.2) is 63.7 Å². The van der Waals surface area contributed by atoms with E-state index in [9.17, 15) is 4.79 Å². The molecule has 3 heterocycles. The van der Waals surface area contributed by atoms with Crippen LogP contribution >= 0.6 is 0 Å². The molecule has 4 rings (SSSR count). The minimum absolute atomic E-state index is 0.0671. The van der Waals surface area contributed by atoms with Gasteiger partial charge in [-0.25, -0.2) is 9.67 Å². The van der Waals surface area contributed by atoms with Gasteiger partial charge in [-0.1, -0.05) is 30.3 Å². The smallest absolute Gasteiger partial charge is 0.255 e. The van der Waals surface area contributed by atoms with Gasteiger partial charge in [-0.15, -0.1) is 0 Å². The summed E-state index contributed by atoms with van der Waals surface area (Å²) >= 11 is 0. The average Bonchev–Trinajstić information content (AvgIpc) is 3.10. The number of benzene rings is 1. The van der Waals surface area contributed by atoms with Crippen molar-refractivity contribution >= 4 is 16.9 Å². The maximum atomic E-state index is 12.9. The van der Waals surface area contributed by atoms with E-state index < -0.39 is 0 Å². The Morgan fingerprint density at radius 3 is 2.59 bits per heavy atom. The summed E-state index contributed by atoms with van der Waals surface area (Å²) in [5.41, 5.74) is 2.62. The molecule has 0 bridgehead atoms. The van der Waals surface area contributed by atoms with Crippen molar-refractivity contribution in [2.24, 2.45) is 0 Å². The van der Waals surface area contributed by atoms with Crippen molar-refractivity contribution in [3.05, 3.63) is 59.9 Å². The van der Waals surface area contributed by atoms with Crippen LogP contribution in [0.5, 0.6) is 0 Å². The number of piperidine rings is 1. The van der Waals surface area contributed by atoms with E-state index in [0.717, 1.165) is 37.0 Å². The molecule has 0 unspecified atom stereocenters. The Balaban J connectivity index is 1.50. The molecule has 6 heteroatoms. The summed E-state index contributed by atoms with van der Waals surface area (Å²) in [4.78, 5) is 21.6. The number of carbonyl (C=O) groups is 1. The van der Waals surface area contributed by atoms with Crippen molar-refractivity contribution in [2.45, 2.75) is 25.4 Å². The molecule has 0 atom stereocenters. The Morgan fingerprint density at radius 2 is 1.89 bits per heavy atom. The van der Waals surface area contributed by atoms with E-state index >= 15 is 0 Å². The lowest BCUT2D eigenvalue weighted by Gasteiger charge is -2.35. The zero-order valence-electron chi connectivity index (χ0n) is 15.9. The fourth-order valence-corrected chi connectivity index (χ4v) is 3.73. The Labute approximate surface area is 159 Å². The average molecular weight is 363 g/mol. The first kappa shape index (κ1) is 17.7. The summed E-state index contributed by atoms with van der Waals surface area (Å²) in [6.07, 6.45) is 5.51. The van der Waals surface area contributed by atoms with Crippen LogP contribution in [0.1, 0.15) is 28.8 Å². The standard InChI is InChI=1S/C21H25N5O/c1-24(2)19-8-10-25(11-9-19)21(27)18-12-17-14-23-26(20(17)22-13-18)15-16-6-4-3-5-7-16/h3-7,12-14,19H,8-11,15H2,1-2H3. The highest BCUT2D eigenvalue weighted by atomic mass is 16.2. The minimum atomic E-state index is 0.0671. The predicted octanol–water partition coefficient (Wildman–Crippen LogP) is 2.65. The van der Waals surface area contributed by atoms with Crippen molar-refractivity contribution in [2.75, 3.05) is 27.2 Å². The highest BCUT2D eigenvalue weighted by Gasteiger charge is 2.25. The zero-order valence-corrected chi connectivity index (χ0v) is 15.9. The van der Waals surface area contributed by atoms with E-state index in [1.54, 1.807) is 12.4 Å². The third-order valence-corrected chi connectivity index (χ3v) is 5.38. The van der Waals surface area contributed by atoms with E-state index in [1.807, 2.05) is 33.8 Å². The topological polar surface area (TPSA) is 54.3 Å². The highest BCUT2D eigenvalue weighted by molar-refractivity contribution is 5.96. The normalized spacial score (nSPS) is 15.6. The summed E-state index contributed by atoms with van der Waals surface area (Å²) in [6, 6.07) is 12.7. The van der Waals surface area contributed by atoms with Crippen LogP contribution < -0.4 is 0 Å². The summed E-state index contributed by atoms with van der Waals surface area (Å²) in [5, 5.41) is 5.36. The van der Waals surface area contributed by atoms with Gasteiger partial charge in [0.05, 0.1) is 18.3 Å². The fourth-order valence-electron chi connectivity index (χ4n) is 3.73. The minimum Gasteiger partial charge on any atom is -0.338 e. The molecule has 1 amide bonds. The van der Waals surface area contributed by atoms with Crippen LogP contribution in [-0.2, 0) is 6.54 Å². The number of nitrogens with zero attached hydrogens (tertiary/aromatic N) is 5. The third kappa shape index (κ3) is 3.71. The van der Waals surface area contributed by atoms with E-state index in [1.165, 1.54) is 5.56 Å². The largest absolute Gasteiger partial charge is 0.338 e. The van der Waals surface area contributed by atoms with Gasteiger partial charge >= 0.3 is 0 Å². The van der Waals surface area contributed by atoms with Crippen LogP contribution in [0.3, 0.4) is 0 Å². The lowest BCUT2D eigenvalue weighted by molar-refractivity contribution is 0.0663. The lowest BCUT2D eigenvalue weighted by atomic mass is 10.0. The fraction of sp³-hybridized carbons (Fsp3) is 0.381. The number of hydrogen-bond donors (Lipinski definition) is 0. The second kappa shape index (κ2) is 7.48. The first-order valence-corrected chi connectivity index (χ1v) is 9.43. The second-order valence-corrected chi connectivity index (χ2v) is 7.41. The number of fused-ring (bicyclic) bond motifs is 1. The summed E-state index contributed by atoms with van der Waals surface area (Å²) in [7, 11) is 4.21. The number of pyridine rings is 1. The molecule has 1 fully saturated rings. The molecule has 2 aromatic heterocycles. The first-order valence-electron chi connectivity index (χ1n) is 9.43. The molecule has 0 saturated carbocycles. The maximum Gasteiger partial charge on any atom is 0.255 e. The first-order chi connectivity index (χ1) is 13.1. The van der Waals surface area contributed by atoms with Crippen molar-refractivity contribution in [1.29, 1.82) is 0 Å². The number of rotatable bonds is 4. The van der Waals surface area contributed by atoms with Crippen molar-refractivity contribution in [1.82, 2.24) is 24.6 Å². The molecule has 1 aliphatic rings. The van der Waals surface area contributed by atoms with Crippen molar-refractivity contribution in [3.63, 3.8) is 0 Å². The molecule has 1 saturated heterocycles. The lowest BCUT2D eigenvalue weighted by Crippen LogP contribution is -2.44. The second-order valence-electron chi connectivity index (χ2n) is 7.41. The summed E-state index contributed by atoms with van der Waals surface area (Å²) in [6.45, 7) is 2.27. The summed E-state index contributed by atoms with van der Waals surface area (Å²) in [5.74, 6) is 0.0671. The number of aromatic nitrogens is 3. The molecular weight excluding hydrogens is 338 g/mol. The van der Waals surface area contributed by atoms with Gasteiger partial charge in [0.25, 0.3) is 5.91 Å². The Hall–Kier alpha value is -2.73. The van der Waals surface area contributed by atoms with Gasteiger partial charge in [-0.05, 0) is 38.6 Å². The van der Waals surface area contributed by atoms with Gasteiger partial charge in [0, 0.05) is 30.7 Å². The number of carbonyl (C=O) groups excluding carboxylic acids is 1. The predicted molar refractivity (Wildman–Crippen MR) is 106 cm³/mol. The molecule has 27 heavy (non-hydrogen) atoms. The van der Waals surface area contributed by atoms with Crippen molar-refractivity contribution < 1.29 is 4.79 Å². The van der Waals surface area contributed by atoms with Gasteiger partial charge in [0.1, 0.15) is 0 Å². The molecule has 0 radical (unpaired) electrons. The molecule has 0 spiro atoms. The van der Waals surface area contributed by atoms with Crippen LogP contribution in [0.15, 0.2) is 48.8 Å². The molecule has 0 N–H and O–H groups in total. The third-order valence-electron chi connectivity index (χ3n) is 5.38. The zero-order chi connectivity index (χ0) is 18.8. The van der Waals surface area contributed by atoms with Crippen molar-refractivity contribution in [3.8, 4) is 0 Å². The molecule has 0 aliphatic carbocycles. The van der Waals surface area contributed by atoms with Crippen LogP contribution in [0.25, 0.3) is 11.0 Å². The molecule has 1 aromatic carbocycles. The van der Waals surface area contributed by atoms with Crippen LogP contribution in [0.4, 0.5) is 0 Å². The molecule has 1 aliphatic heterocycles. The van der Waals surface area contributed by atoms with Gasteiger partial charge in [0.15, 0.2) is 5.65 Å². The maximum absolute atomic E-state index is 12.9. The van der Waals surface area contributed by atoms with Gasteiger partial charge in [0.2, 0.25) is 0 Å². The van der Waals surface area contributed by atoms with Gasteiger partial charge in [-0.3, -0.25) is 4.79 Å². The number of likely N-dealkylation sites (tertiary alicyclic amines) is 1. The van der Waals surface area contributed by atoms with E-state index in [4.69, 9.17) is 0 Å². The Kier molecular flexibility index (Phi) is 4.90. The SMILES string of the molecule is CN(C)C1CCN(C(=O)c2cnc3c(cnn3Cc3ccccc3)c2)CC1. The van der Waals surface area contributed by atoms with Gasteiger partial charge in [-0.2, -0.15) is 5.10 Å². The monoisotopic (exact) mass is 363 g/mol. The molecule has 3 aromatic rings. The highest BCUT2D eigenvalue weighted by Crippen LogP contribution is 2.19. The number of hydrogen-bond acceptors (Lipinski definition) is 4. The summed E-state index contributed by atoms with van der Waals surface area (Å²) < 4.78 is 1.88. The number of amides is 1. The van der Waals surface area contributed by atoms with E-state index in [-0.39, 0.29) is 5.91 Å². The quantitative estimate of drug-likeness (QED) is 0.715.